The number of piperazine rings is 1. The van der Waals surface area contributed by atoms with Crippen molar-refractivity contribution in [2.75, 3.05) is 72.7 Å². The van der Waals surface area contributed by atoms with Gasteiger partial charge in [-0.2, -0.15) is 0 Å². The molecule has 0 spiro atoms. The lowest BCUT2D eigenvalue weighted by Gasteiger charge is -2.35. The van der Waals surface area contributed by atoms with Gasteiger partial charge >= 0.3 is 0 Å². The maximum atomic E-state index is 8.79. The number of hydrogen-bond acceptors (Lipinski definition) is 7. The van der Waals surface area contributed by atoms with Gasteiger partial charge in [-0.05, 0) is 13.5 Å². The van der Waals surface area contributed by atoms with E-state index in [1.807, 2.05) is 11.9 Å². The Morgan fingerprint density at radius 3 is 2.20 bits per heavy atom. The predicted octanol–water partition coefficient (Wildman–Crippen LogP) is -2.46. The Morgan fingerprint density at radius 1 is 1.05 bits per heavy atom. The highest BCUT2D eigenvalue weighted by molar-refractivity contribution is 4.79. The second-order valence-electron chi connectivity index (χ2n) is 4.88. The van der Waals surface area contributed by atoms with Crippen LogP contribution in [0.2, 0.25) is 0 Å². The van der Waals surface area contributed by atoms with Crippen molar-refractivity contribution < 1.29 is 20.4 Å². The largest absolute Gasteiger partial charge is 0.396 e. The molecule has 0 aromatic carbocycles. The van der Waals surface area contributed by atoms with Crippen molar-refractivity contribution in [2.45, 2.75) is 12.5 Å². The molecule has 5 N–H and O–H groups in total. The summed E-state index contributed by atoms with van der Waals surface area (Å²) in [7, 11) is 1.85. The smallest absolute Gasteiger partial charge is 0.0558 e. The van der Waals surface area contributed by atoms with Crippen LogP contribution in [0.25, 0.3) is 0 Å². The summed E-state index contributed by atoms with van der Waals surface area (Å²) in [4.78, 5) is 4.09. The maximum Gasteiger partial charge on any atom is 0.0558 e. The van der Waals surface area contributed by atoms with Gasteiger partial charge in [-0.1, -0.05) is 0 Å². The van der Waals surface area contributed by atoms with Gasteiger partial charge in [-0.3, -0.25) is 4.90 Å². The highest BCUT2D eigenvalue weighted by Gasteiger charge is 2.20. The molecule has 1 aliphatic heterocycles. The van der Waals surface area contributed by atoms with E-state index in [-0.39, 0.29) is 26.4 Å². The molecule has 20 heavy (non-hydrogen) atoms. The second-order valence-corrected chi connectivity index (χ2v) is 4.88. The summed E-state index contributed by atoms with van der Waals surface area (Å²) in [6.45, 7) is 5.67. The van der Waals surface area contributed by atoms with Crippen LogP contribution in [0, 0.1) is 0 Å². The third-order valence-corrected chi connectivity index (χ3v) is 3.29. The third kappa shape index (κ3) is 9.60. The van der Waals surface area contributed by atoms with Crippen LogP contribution in [-0.2, 0) is 0 Å². The normalized spacial score (nSPS) is 19.8. The highest BCUT2D eigenvalue weighted by atomic mass is 16.3. The van der Waals surface area contributed by atoms with E-state index >= 15 is 0 Å². The molecule has 0 aromatic heterocycles. The summed E-state index contributed by atoms with van der Waals surface area (Å²) in [5.74, 6) is 0. The van der Waals surface area contributed by atoms with Gasteiger partial charge in [0, 0.05) is 51.9 Å². The van der Waals surface area contributed by atoms with Crippen LogP contribution in [0.5, 0.6) is 0 Å². The van der Waals surface area contributed by atoms with Gasteiger partial charge in [0.15, 0.2) is 0 Å². The third-order valence-electron chi connectivity index (χ3n) is 3.29. The lowest BCUT2D eigenvalue weighted by atomic mass is 10.1. The number of likely N-dealkylation sites (N-methyl/N-ethyl adjacent to an activating group) is 1. The van der Waals surface area contributed by atoms with Crippen LogP contribution in [0.1, 0.15) is 6.42 Å². The molecule has 0 amide bonds. The van der Waals surface area contributed by atoms with Crippen molar-refractivity contribution in [3.8, 4) is 0 Å². The molecular formula is C13H31N3O4. The lowest BCUT2D eigenvalue weighted by molar-refractivity contribution is 0.106. The Labute approximate surface area is 121 Å². The Morgan fingerprint density at radius 2 is 1.70 bits per heavy atom. The average molecular weight is 293 g/mol. The number of rotatable bonds is 8. The minimum Gasteiger partial charge on any atom is -0.396 e. The molecule has 122 valence electrons. The van der Waals surface area contributed by atoms with E-state index in [4.69, 9.17) is 20.4 Å². The second kappa shape index (κ2) is 13.7. The zero-order valence-corrected chi connectivity index (χ0v) is 12.5. The molecule has 1 saturated heterocycles. The van der Waals surface area contributed by atoms with Crippen LogP contribution in [-0.4, -0.2) is 109 Å². The highest BCUT2D eigenvalue weighted by Crippen LogP contribution is 2.05. The zero-order valence-electron chi connectivity index (χ0n) is 12.5. The first-order chi connectivity index (χ1) is 9.69. The van der Waals surface area contributed by atoms with Crippen LogP contribution in [0.4, 0.5) is 0 Å². The number of β-amino-alcohol motifs (C(OH)–C–C–N with tert-alkyl or cyclic N) is 1. The van der Waals surface area contributed by atoms with E-state index < -0.39 is 0 Å². The minimum absolute atomic E-state index is 0.163. The molecule has 1 unspecified atom stereocenters. The Hall–Kier alpha value is -0.280. The van der Waals surface area contributed by atoms with E-state index in [9.17, 15) is 0 Å². The fraction of sp³-hybridized carbons (Fsp3) is 1.00. The molecule has 1 aliphatic rings. The fourth-order valence-electron chi connectivity index (χ4n) is 2.11. The Bertz CT molecular complexity index is 186. The van der Waals surface area contributed by atoms with Crippen molar-refractivity contribution in [3.05, 3.63) is 0 Å². The van der Waals surface area contributed by atoms with Crippen molar-refractivity contribution in [1.29, 1.82) is 0 Å². The number of nitrogens with one attached hydrogen (secondary N) is 1. The number of hydrogen-bond donors (Lipinski definition) is 5. The summed E-state index contributed by atoms with van der Waals surface area (Å²) in [6, 6.07) is 0.399. The van der Waals surface area contributed by atoms with Crippen LogP contribution < -0.4 is 5.32 Å². The molecular weight excluding hydrogens is 262 g/mol. The van der Waals surface area contributed by atoms with Gasteiger partial charge in [0.2, 0.25) is 0 Å². The molecule has 7 nitrogen and oxygen atoms in total. The van der Waals surface area contributed by atoms with Crippen LogP contribution in [0.3, 0.4) is 0 Å². The lowest BCUT2D eigenvalue weighted by Crippen LogP contribution is -2.52. The molecule has 1 fully saturated rings. The molecule has 0 saturated carbocycles. The zero-order chi connectivity index (χ0) is 15.2. The first-order valence-corrected chi connectivity index (χ1v) is 7.26. The van der Waals surface area contributed by atoms with Crippen molar-refractivity contribution in [1.82, 2.24) is 15.1 Å². The van der Waals surface area contributed by atoms with Crippen molar-refractivity contribution >= 4 is 0 Å². The van der Waals surface area contributed by atoms with E-state index in [1.165, 1.54) is 0 Å². The maximum absolute atomic E-state index is 8.79. The van der Waals surface area contributed by atoms with Crippen molar-refractivity contribution in [3.63, 3.8) is 0 Å². The fourth-order valence-corrected chi connectivity index (χ4v) is 2.11. The summed E-state index contributed by atoms with van der Waals surface area (Å²) in [5.41, 5.74) is 0. The van der Waals surface area contributed by atoms with Gasteiger partial charge in [-0.25, -0.2) is 0 Å². The number of aliphatic hydroxyl groups excluding tert-OH is 4. The minimum atomic E-state index is 0.163. The molecule has 1 atom stereocenters. The summed E-state index contributed by atoms with van der Waals surface area (Å²) in [5, 5.41) is 37.5. The predicted molar refractivity (Wildman–Crippen MR) is 78.7 cm³/mol. The van der Waals surface area contributed by atoms with Gasteiger partial charge in [0.1, 0.15) is 0 Å². The Kier molecular flexibility index (Phi) is 13.5. The standard InChI is InChI=1S/C8H18N2O2.C5H13NO2/c11-5-1-8-7-9-2-3-10(8)4-6-12;1-6(2-4-7)3-5-8/h8-9,11-12H,1-7H2;7-8H,2-5H2,1H3. The van der Waals surface area contributed by atoms with Crippen molar-refractivity contribution in [2.24, 2.45) is 0 Å². The molecule has 1 heterocycles. The quantitative estimate of drug-likeness (QED) is 0.338. The molecule has 0 radical (unpaired) electrons. The first kappa shape index (κ1) is 19.7. The van der Waals surface area contributed by atoms with Crippen LogP contribution in [0.15, 0.2) is 0 Å². The average Bonchev–Trinajstić information content (AvgIpc) is 2.43. The van der Waals surface area contributed by atoms with E-state index in [1.54, 1.807) is 0 Å². The van der Waals surface area contributed by atoms with Gasteiger partial charge in [0.05, 0.1) is 19.8 Å². The molecule has 0 aromatic rings. The first-order valence-electron chi connectivity index (χ1n) is 7.26. The van der Waals surface area contributed by atoms with E-state index in [0.717, 1.165) is 32.6 Å². The SMILES string of the molecule is CN(CCO)CCO.OCCC1CNCCN1CCO. The summed E-state index contributed by atoms with van der Waals surface area (Å²) >= 11 is 0. The molecule has 0 aliphatic carbocycles. The van der Waals surface area contributed by atoms with E-state index in [2.05, 4.69) is 10.2 Å². The molecule has 1 rings (SSSR count). The Balaban J connectivity index is 0.000000396. The summed E-state index contributed by atoms with van der Waals surface area (Å²) in [6.07, 6.45) is 0.799. The van der Waals surface area contributed by atoms with Gasteiger partial charge in [-0.15, -0.1) is 0 Å². The number of aliphatic hydroxyl groups is 4. The molecule has 0 bridgehead atoms. The van der Waals surface area contributed by atoms with Crippen LogP contribution >= 0.6 is 0 Å². The van der Waals surface area contributed by atoms with Gasteiger partial charge < -0.3 is 30.6 Å². The molecule has 7 heteroatoms. The summed E-state index contributed by atoms with van der Waals surface area (Å²) < 4.78 is 0. The van der Waals surface area contributed by atoms with E-state index in [0.29, 0.717) is 19.1 Å². The monoisotopic (exact) mass is 293 g/mol. The van der Waals surface area contributed by atoms with Gasteiger partial charge in [0.25, 0.3) is 0 Å². The number of nitrogens with zero attached hydrogens (tertiary/aromatic N) is 2. The topological polar surface area (TPSA) is 99.4 Å².